The van der Waals surface area contributed by atoms with Crippen LogP contribution in [0.15, 0.2) is 48.5 Å². The first kappa shape index (κ1) is 17.0. The minimum absolute atomic E-state index is 0.125. The summed E-state index contributed by atoms with van der Waals surface area (Å²) in [6.45, 7) is 6.75. The molecule has 24 heavy (non-hydrogen) atoms. The first-order valence-corrected chi connectivity index (χ1v) is 9.73. The van der Waals surface area contributed by atoms with Gasteiger partial charge in [0.05, 0.1) is 25.5 Å². The van der Waals surface area contributed by atoms with E-state index in [1.165, 1.54) is 5.30 Å². The average Bonchev–Trinajstić information content (AvgIpc) is 2.95. The van der Waals surface area contributed by atoms with E-state index in [9.17, 15) is 4.79 Å². The van der Waals surface area contributed by atoms with Gasteiger partial charge in [0.25, 0.3) is 0 Å². The van der Waals surface area contributed by atoms with Crippen molar-refractivity contribution in [3.8, 4) is 5.75 Å². The third kappa shape index (κ3) is 3.18. The molecule has 2 aromatic rings. The van der Waals surface area contributed by atoms with Gasteiger partial charge in [0.2, 0.25) is 5.91 Å². The molecule has 0 bridgehead atoms. The van der Waals surface area contributed by atoms with Crippen molar-refractivity contribution in [3.63, 3.8) is 0 Å². The summed E-state index contributed by atoms with van der Waals surface area (Å²) in [6, 6.07) is 16.0. The minimum atomic E-state index is -0.495. The molecule has 1 amide bonds. The van der Waals surface area contributed by atoms with Crippen LogP contribution < -0.4 is 14.9 Å². The first-order valence-electron chi connectivity index (χ1n) is 8.21. The van der Waals surface area contributed by atoms with Gasteiger partial charge in [-0.3, -0.25) is 4.79 Å². The molecule has 1 aliphatic rings. The molecule has 0 aromatic heterocycles. The molecule has 0 spiro atoms. The van der Waals surface area contributed by atoms with Crippen LogP contribution >= 0.6 is 7.92 Å². The number of ether oxygens (including phenoxy) is 1. The number of anilines is 1. The van der Waals surface area contributed by atoms with Gasteiger partial charge in [-0.25, -0.2) is 0 Å². The number of carbonyl (C=O) groups is 1. The molecule has 126 valence electrons. The van der Waals surface area contributed by atoms with Gasteiger partial charge in [0.15, 0.2) is 0 Å². The Balaban J connectivity index is 1.96. The van der Waals surface area contributed by atoms with Crippen LogP contribution in [0.2, 0.25) is 0 Å². The van der Waals surface area contributed by atoms with E-state index in [0.717, 1.165) is 23.3 Å². The summed E-state index contributed by atoms with van der Waals surface area (Å²) in [5, 5.41) is 1.35. The number of fused-ring (bicyclic) bond motifs is 1. The van der Waals surface area contributed by atoms with Crippen LogP contribution in [-0.4, -0.2) is 24.5 Å². The van der Waals surface area contributed by atoms with Gasteiger partial charge < -0.3 is 9.64 Å². The maximum atomic E-state index is 12.9. The Hall–Kier alpha value is -1.86. The van der Waals surface area contributed by atoms with E-state index < -0.39 is 7.92 Å². The highest BCUT2D eigenvalue weighted by molar-refractivity contribution is 7.68. The smallest absolute Gasteiger partial charge is 0.231 e. The van der Waals surface area contributed by atoms with Gasteiger partial charge in [0, 0.05) is 5.30 Å². The molecule has 1 unspecified atom stereocenters. The molecule has 3 rings (SSSR count). The van der Waals surface area contributed by atoms with Crippen molar-refractivity contribution in [3.05, 3.63) is 54.1 Å². The largest absolute Gasteiger partial charge is 0.496 e. The van der Waals surface area contributed by atoms with Gasteiger partial charge in [0.1, 0.15) is 5.75 Å². The first-order chi connectivity index (χ1) is 11.4. The molecule has 1 aliphatic heterocycles. The summed E-state index contributed by atoms with van der Waals surface area (Å²) < 4.78 is 5.61. The van der Waals surface area contributed by atoms with Crippen LogP contribution in [0.25, 0.3) is 0 Å². The lowest BCUT2D eigenvalue weighted by atomic mass is 10.1. The highest BCUT2D eigenvalue weighted by atomic mass is 31.1. The highest BCUT2D eigenvalue weighted by Gasteiger charge is 2.40. The maximum Gasteiger partial charge on any atom is 0.231 e. The number of nitrogens with zero attached hydrogens (tertiary/aromatic N) is 1. The molecule has 0 N–H and O–H groups in total. The fourth-order valence-electron chi connectivity index (χ4n) is 3.08. The summed E-state index contributed by atoms with van der Waals surface area (Å²) in [6.07, 6.45) is 1.21. The standard InChI is InChI=1S/C20H24NO2P/c1-20(2,3)24-14-21(16-11-8-12-17(23-4)19(16)24)18(22)13-15-9-6-5-7-10-15/h5-12H,13-14H2,1-4H3. The zero-order valence-electron chi connectivity index (χ0n) is 14.7. The molecule has 0 saturated heterocycles. The SMILES string of the molecule is COc1cccc2c1P(C(C)(C)C)CN2C(=O)Cc1ccccc1. The molecular formula is C20H24NO2P. The Labute approximate surface area is 145 Å². The molecule has 1 atom stereocenters. The van der Waals surface area contributed by atoms with Crippen molar-refractivity contribution in [2.45, 2.75) is 32.3 Å². The summed E-state index contributed by atoms with van der Waals surface area (Å²) in [5.74, 6) is 1.06. The Bertz CT molecular complexity index is 737. The molecule has 2 aromatic carbocycles. The van der Waals surface area contributed by atoms with Crippen molar-refractivity contribution in [2.24, 2.45) is 0 Å². The molecule has 0 radical (unpaired) electrons. The molecule has 0 saturated carbocycles. The lowest BCUT2D eigenvalue weighted by Gasteiger charge is -2.28. The number of rotatable bonds is 3. The number of hydrogen-bond acceptors (Lipinski definition) is 2. The third-order valence-corrected chi connectivity index (χ3v) is 7.52. The van der Waals surface area contributed by atoms with E-state index >= 15 is 0 Å². The topological polar surface area (TPSA) is 29.5 Å². The van der Waals surface area contributed by atoms with E-state index in [-0.39, 0.29) is 11.1 Å². The van der Waals surface area contributed by atoms with Gasteiger partial charge in [-0.15, -0.1) is 0 Å². The number of hydrogen-bond donors (Lipinski definition) is 0. The number of amides is 1. The Morgan fingerprint density at radius 2 is 1.83 bits per heavy atom. The fourth-order valence-corrected chi connectivity index (χ4v) is 5.81. The molecule has 1 heterocycles. The van der Waals surface area contributed by atoms with Gasteiger partial charge >= 0.3 is 0 Å². The van der Waals surface area contributed by atoms with E-state index in [0.29, 0.717) is 6.42 Å². The Kier molecular flexibility index (Phi) is 4.64. The van der Waals surface area contributed by atoms with Gasteiger partial charge in [-0.05, 0) is 30.8 Å². The predicted molar refractivity (Wildman–Crippen MR) is 102 cm³/mol. The minimum Gasteiger partial charge on any atom is -0.496 e. The lowest BCUT2D eigenvalue weighted by Crippen LogP contribution is -2.30. The van der Waals surface area contributed by atoms with Crippen LogP contribution in [0.3, 0.4) is 0 Å². The zero-order valence-corrected chi connectivity index (χ0v) is 15.6. The molecule has 4 heteroatoms. The van der Waals surface area contributed by atoms with E-state index in [1.807, 2.05) is 47.4 Å². The Morgan fingerprint density at radius 1 is 1.12 bits per heavy atom. The molecule has 0 aliphatic carbocycles. The number of carbonyl (C=O) groups excluding carboxylic acids is 1. The van der Waals surface area contributed by atoms with Gasteiger partial charge in [-0.1, -0.05) is 57.2 Å². The maximum absolute atomic E-state index is 12.9. The summed E-state index contributed by atoms with van der Waals surface area (Å²) in [4.78, 5) is 14.9. The predicted octanol–water partition coefficient (Wildman–Crippen LogP) is 4.15. The monoisotopic (exact) mass is 341 g/mol. The molecule has 0 fully saturated rings. The fraction of sp³-hybridized carbons (Fsp3) is 0.350. The summed E-state index contributed by atoms with van der Waals surface area (Å²) >= 11 is 0. The van der Waals surface area contributed by atoms with Crippen molar-refractivity contribution in [1.82, 2.24) is 0 Å². The number of benzene rings is 2. The van der Waals surface area contributed by atoms with Crippen molar-refractivity contribution >= 4 is 24.8 Å². The van der Waals surface area contributed by atoms with Crippen molar-refractivity contribution in [2.75, 3.05) is 18.3 Å². The third-order valence-electron chi connectivity index (χ3n) is 4.35. The Morgan fingerprint density at radius 3 is 2.46 bits per heavy atom. The molecular weight excluding hydrogens is 317 g/mol. The van der Waals surface area contributed by atoms with Crippen LogP contribution in [0.4, 0.5) is 5.69 Å². The van der Waals surface area contributed by atoms with Crippen LogP contribution in [-0.2, 0) is 11.2 Å². The van der Waals surface area contributed by atoms with Crippen molar-refractivity contribution in [1.29, 1.82) is 0 Å². The van der Waals surface area contributed by atoms with Crippen LogP contribution in [0, 0.1) is 0 Å². The lowest BCUT2D eigenvalue weighted by molar-refractivity contribution is -0.117. The average molecular weight is 341 g/mol. The molecule has 3 nitrogen and oxygen atoms in total. The second kappa shape index (κ2) is 6.57. The van der Waals surface area contributed by atoms with E-state index in [1.54, 1.807) is 7.11 Å². The second-order valence-electron chi connectivity index (χ2n) is 7.05. The number of methoxy groups -OCH3 is 1. The quantitative estimate of drug-likeness (QED) is 0.785. The zero-order chi connectivity index (χ0) is 17.3. The second-order valence-corrected chi connectivity index (χ2v) is 9.98. The van der Waals surface area contributed by atoms with Crippen molar-refractivity contribution < 1.29 is 9.53 Å². The van der Waals surface area contributed by atoms with E-state index in [2.05, 4.69) is 26.8 Å². The van der Waals surface area contributed by atoms with Crippen LogP contribution in [0.5, 0.6) is 5.75 Å². The summed E-state index contributed by atoms with van der Waals surface area (Å²) in [7, 11) is 1.21. The highest BCUT2D eigenvalue weighted by Crippen LogP contribution is 2.57. The normalized spacial score (nSPS) is 16.8. The van der Waals surface area contributed by atoms with Crippen LogP contribution in [0.1, 0.15) is 26.3 Å². The van der Waals surface area contributed by atoms with Gasteiger partial charge in [-0.2, -0.15) is 0 Å². The van der Waals surface area contributed by atoms with E-state index in [4.69, 9.17) is 4.74 Å². The summed E-state index contributed by atoms with van der Waals surface area (Å²) in [5.41, 5.74) is 2.08.